The van der Waals surface area contributed by atoms with Crippen LogP contribution < -0.4 is 16.4 Å². The maximum absolute atomic E-state index is 12.6. The summed E-state index contributed by atoms with van der Waals surface area (Å²) in [5.41, 5.74) is 8.13. The van der Waals surface area contributed by atoms with Crippen LogP contribution in [0.25, 0.3) is 66.9 Å². The third kappa shape index (κ3) is 15.1. The minimum Gasteiger partial charge on any atom is -0.477 e. The quantitative estimate of drug-likeness (QED) is 0.0934. The summed E-state index contributed by atoms with van der Waals surface area (Å²) in [4.78, 5) is 61.4. The summed E-state index contributed by atoms with van der Waals surface area (Å²) in [7, 11) is 0. The Balaban J connectivity index is 0.000000142. The average molecular weight is 1330 g/mol. The Kier molecular flexibility index (Phi) is 19.0. The van der Waals surface area contributed by atoms with E-state index >= 15 is 0 Å². The molecule has 0 fully saturated rings. The fraction of sp³-hybridized carbons (Fsp3) is 0.158. The highest BCUT2D eigenvalue weighted by Gasteiger charge is 2.18. The standard InChI is InChI=1S/2C19H16BrN7O.C10H6BrNO2.C9H12N6/c2*1-11(2)27-18(24-25-26-27)15-4-3-5-17(22-15)23-19(28)16-9-13-8-14(20)7-6-12(13)10-21-16;11-8-2-1-6-5-12-9(10(13)14)4-7(6)3-8;1-6(2)15-9(12-13-14-15)7-4-3-5-8(10)11-7/h2*3-11H,1-2H3,(H,22,23,28);1-5H,(H,13,14);3-6H,1-2H3,(H2,10,11). The number of pyridine rings is 6. The van der Waals surface area contributed by atoms with Crippen molar-refractivity contribution in [2.75, 3.05) is 16.4 Å². The topological polar surface area (TPSA) is 330 Å². The summed E-state index contributed by atoms with van der Waals surface area (Å²) >= 11 is 10.2. The van der Waals surface area contributed by atoms with Crippen LogP contribution in [0.3, 0.4) is 0 Å². The van der Waals surface area contributed by atoms with Crippen molar-refractivity contribution in [3.8, 4) is 34.6 Å². The molecule has 428 valence electrons. The molecule has 12 aromatic rings. The van der Waals surface area contributed by atoms with Crippen LogP contribution in [0.5, 0.6) is 0 Å². The molecule has 2 amide bonds. The minimum atomic E-state index is -1.01. The Morgan fingerprint density at radius 2 is 0.788 bits per heavy atom. The van der Waals surface area contributed by atoms with Gasteiger partial charge in [-0.1, -0.05) is 84.2 Å². The lowest BCUT2D eigenvalue weighted by Crippen LogP contribution is -2.15. The molecule has 25 nitrogen and oxygen atoms in total. The van der Waals surface area contributed by atoms with Gasteiger partial charge in [0, 0.05) is 48.2 Å². The van der Waals surface area contributed by atoms with Gasteiger partial charge >= 0.3 is 5.97 Å². The van der Waals surface area contributed by atoms with Crippen molar-refractivity contribution in [1.29, 1.82) is 0 Å². The van der Waals surface area contributed by atoms with Crippen molar-refractivity contribution in [3.63, 3.8) is 0 Å². The average Bonchev–Trinajstić information content (AvgIpc) is 4.51. The van der Waals surface area contributed by atoms with Gasteiger partial charge in [0.05, 0.1) is 18.1 Å². The van der Waals surface area contributed by atoms with Crippen molar-refractivity contribution < 1.29 is 19.5 Å². The lowest BCUT2D eigenvalue weighted by atomic mass is 10.1. The van der Waals surface area contributed by atoms with Crippen molar-refractivity contribution in [2.24, 2.45) is 0 Å². The van der Waals surface area contributed by atoms with E-state index < -0.39 is 5.97 Å². The van der Waals surface area contributed by atoms with E-state index in [0.717, 1.165) is 45.7 Å². The number of hydrogen-bond acceptors (Lipinski definition) is 19. The molecule has 0 unspecified atom stereocenters. The molecular formula is C57H50Br3N21O4. The fourth-order valence-corrected chi connectivity index (χ4v) is 9.16. The summed E-state index contributed by atoms with van der Waals surface area (Å²) in [6.07, 6.45) is 4.92. The van der Waals surface area contributed by atoms with Gasteiger partial charge in [-0.2, -0.15) is 0 Å². The largest absolute Gasteiger partial charge is 0.477 e. The third-order valence-electron chi connectivity index (χ3n) is 12.1. The van der Waals surface area contributed by atoms with E-state index in [1.807, 2.05) is 108 Å². The highest BCUT2D eigenvalue weighted by Crippen LogP contribution is 2.25. The number of aromatic carboxylic acids is 1. The second-order valence-electron chi connectivity index (χ2n) is 19.3. The van der Waals surface area contributed by atoms with E-state index in [2.05, 4.69) is 135 Å². The van der Waals surface area contributed by atoms with Crippen LogP contribution in [-0.2, 0) is 0 Å². The van der Waals surface area contributed by atoms with Gasteiger partial charge in [-0.05, 0) is 180 Å². The van der Waals surface area contributed by atoms with Crippen LogP contribution in [-0.4, -0.2) is 113 Å². The summed E-state index contributed by atoms with van der Waals surface area (Å²) in [5, 5.41) is 54.8. The Morgan fingerprint density at radius 1 is 0.447 bits per heavy atom. The number of aromatic nitrogens is 18. The molecule has 12 rings (SSSR count). The van der Waals surface area contributed by atoms with Gasteiger partial charge in [-0.15, -0.1) is 15.3 Å². The number of rotatable bonds is 11. The van der Waals surface area contributed by atoms with E-state index in [4.69, 9.17) is 10.8 Å². The highest BCUT2D eigenvalue weighted by atomic mass is 79.9. The molecule has 0 aliphatic rings. The summed E-state index contributed by atoms with van der Waals surface area (Å²) < 4.78 is 7.87. The molecule has 0 atom stereocenters. The van der Waals surface area contributed by atoms with Gasteiger partial charge in [0.25, 0.3) is 11.8 Å². The van der Waals surface area contributed by atoms with E-state index in [9.17, 15) is 14.4 Å². The summed E-state index contributed by atoms with van der Waals surface area (Å²) in [6.45, 7) is 11.9. The van der Waals surface area contributed by atoms with Gasteiger partial charge in [0.1, 0.15) is 51.6 Å². The van der Waals surface area contributed by atoms with Crippen LogP contribution in [0.15, 0.2) is 159 Å². The summed E-state index contributed by atoms with van der Waals surface area (Å²) in [6, 6.07) is 38.7. The first-order valence-corrected chi connectivity index (χ1v) is 28.3. The number of halogens is 3. The van der Waals surface area contributed by atoms with Crippen LogP contribution >= 0.6 is 47.8 Å². The first-order chi connectivity index (χ1) is 40.9. The monoisotopic (exact) mass is 1330 g/mol. The number of nitrogens with two attached hydrogens (primary N) is 1. The maximum atomic E-state index is 12.6. The molecule has 28 heteroatoms. The minimum absolute atomic E-state index is 0.0654. The Labute approximate surface area is 509 Å². The number of carbonyl (C=O) groups is 3. The number of carboxylic acid groups (broad SMARTS) is 1. The molecular weight excluding hydrogens is 1280 g/mol. The van der Waals surface area contributed by atoms with E-state index in [1.54, 1.807) is 93.3 Å². The maximum Gasteiger partial charge on any atom is 0.354 e. The number of anilines is 3. The Bertz CT molecular complexity index is 4200. The van der Waals surface area contributed by atoms with Gasteiger partial charge in [0.2, 0.25) is 17.5 Å². The summed E-state index contributed by atoms with van der Waals surface area (Å²) in [5.74, 6) is 1.30. The number of nitrogens with zero attached hydrogens (tertiary/aromatic N) is 18. The first kappa shape index (κ1) is 59.8. The lowest BCUT2D eigenvalue weighted by Gasteiger charge is -2.09. The number of amides is 2. The SMILES string of the molecule is CC(C)n1nnnc1-c1cccc(N)n1.CC(C)n1nnnc1-c1cccc(NC(=O)c2cc3cc(Br)ccc3cn2)n1.CC(C)n1nnnc1-c1cccc(NC(=O)c2cc3cc(Br)ccc3cn2)n1.O=C(O)c1cc2cc(Br)ccc2cn1. The normalized spacial score (nSPS) is 11.0. The molecule has 0 saturated carbocycles. The zero-order chi connectivity index (χ0) is 60.3. The van der Waals surface area contributed by atoms with Crippen molar-refractivity contribution >= 4 is 115 Å². The Morgan fingerprint density at radius 3 is 1.14 bits per heavy atom. The van der Waals surface area contributed by atoms with Gasteiger partial charge in [-0.25, -0.2) is 38.8 Å². The number of carboxylic acids is 1. The second kappa shape index (κ2) is 27.1. The molecule has 0 saturated heterocycles. The van der Waals surface area contributed by atoms with Crippen LogP contribution in [0.2, 0.25) is 0 Å². The van der Waals surface area contributed by atoms with Gasteiger partial charge in [0.15, 0.2) is 0 Å². The zero-order valence-electron chi connectivity index (χ0n) is 46.0. The Hall–Kier alpha value is -9.80. The van der Waals surface area contributed by atoms with E-state index in [0.29, 0.717) is 63.4 Å². The number of nitrogen functional groups attached to an aromatic ring is 1. The molecule has 0 spiro atoms. The molecule has 9 heterocycles. The molecule has 85 heavy (non-hydrogen) atoms. The van der Waals surface area contributed by atoms with Crippen molar-refractivity contribution in [2.45, 2.75) is 59.7 Å². The molecule has 3 aromatic carbocycles. The molecule has 9 aromatic heterocycles. The van der Waals surface area contributed by atoms with Crippen molar-refractivity contribution in [3.05, 3.63) is 176 Å². The number of hydrogen-bond donors (Lipinski definition) is 4. The number of fused-ring (bicyclic) bond motifs is 3. The zero-order valence-corrected chi connectivity index (χ0v) is 50.8. The van der Waals surface area contributed by atoms with E-state index in [1.165, 1.54) is 0 Å². The van der Waals surface area contributed by atoms with Crippen LogP contribution in [0, 0.1) is 0 Å². The smallest absolute Gasteiger partial charge is 0.354 e. The van der Waals surface area contributed by atoms with Crippen molar-refractivity contribution in [1.82, 2.24) is 90.5 Å². The molecule has 0 aliphatic heterocycles. The highest BCUT2D eigenvalue weighted by molar-refractivity contribution is 9.11. The number of carbonyl (C=O) groups excluding carboxylic acids is 2. The van der Waals surface area contributed by atoms with Gasteiger partial charge < -0.3 is 21.5 Å². The third-order valence-corrected chi connectivity index (χ3v) is 13.6. The van der Waals surface area contributed by atoms with E-state index in [-0.39, 0.29) is 35.6 Å². The van der Waals surface area contributed by atoms with Crippen LogP contribution in [0.4, 0.5) is 17.5 Å². The predicted octanol–water partition coefficient (Wildman–Crippen LogP) is 11.4. The molecule has 5 N–H and O–H groups in total. The predicted molar refractivity (Wildman–Crippen MR) is 330 cm³/mol. The van der Waals surface area contributed by atoms with Crippen LogP contribution in [0.1, 0.15) is 91.1 Å². The molecule has 0 aliphatic carbocycles. The van der Waals surface area contributed by atoms with Gasteiger partial charge in [-0.3, -0.25) is 19.6 Å². The number of tetrazole rings is 3. The molecule has 0 radical (unpaired) electrons. The number of nitrogens with one attached hydrogen (secondary N) is 2. The second-order valence-corrected chi connectivity index (χ2v) is 22.0. The number of benzene rings is 3. The lowest BCUT2D eigenvalue weighted by molar-refractivity contribution is 0.0690. The fourth-order valence-electron chi connectivity index (χ4n) is 8.03. The molecule has 0 bridgehead atoms. The first-order valence-electron chi connectivity index (χ1n) is 25.9.